The zero-order valence-electron chi connectivity index (χ0n) is 16.9. The summed E-state index contributed by atoms with van der Waals surface area (Å²) in [5.41, 5.74) is 0. The van der Waals surface area contributed by atoms with Crippen LogP contribution in [0, 0.1) is 5.41 Å². The van der Waals surface area contributed by atoms with Crippen LogP contribution in [0.4, 0.5) is 0 Å². The van der Waals surface area contributed by atoms with Crippen molar-refractivity contribution in [3.05, 3.63) is 0 Å². The van der Waals surface area contributed by atoms with Gasteiger partial charge in [0.25, 0.3) is 6.02 Å². The largest absolute Gasteiger partial charge is 0.465 e. The van der Waals surface area contributed by atoms with Crippen molar-refractivity contribution >= 4 is 6.02 Å². The summed E-state index contributed by atoms with van der Waals surface area (Å²) < 4.78 is 5.64. The summed E-state index contributed by atoms with van der Waals surface area (Å²) in [6.45, 7) is 9.36. The molecule has 3 heteroatoms. The molecule has 0 saturated carbocycles. The average Bonchev–Trinajstić information content (AvgIpc) is 2.59. The molecule has 0 rings (SSSR count). The second-order valence-electron chi connectivity index (χ2n) is 7.03. The van der Waals surface area contributed by atoms with Crippen LogP contribution in [-0.4, -0.2) is 30.6 Å². The van der Waals surface area contributed by atoms with Crippen LogP contribution in [0.1, 0.15) is 111 Å². The maximum atomic E-state index is 8.22. The maximum Gasteiger partial charge on any atom is 0.284 e. The first-order valence-electron chi connectivity index (χ1n) is 10.7. The Balaban J connectivity index is 3.97. The Bertz CT molecular complexity index is 253. The molecular formula is C21H44N2O. The van der Waals surface area contributed by atoms with Gasteiger partial charge >= 0.3 is 0 Å². The zero-order valence-corrected chi connectivity index (χ0v) is 16.9. The van der Waals surface area contributed by atoms with Crippen LogP contribution in [0.3, 0.4) is 0 Å². The molecule has 0 aromatic rings. The Kier molecular flexibility index (Phi) is 18.0. The van der Waals surface area contributed by atoms with Gasteiger partial charge in [-0.3, -0.25) is 5.41 Å². The molecular weight excluding hydrogens is 296 g/mol. The minimum absolute atomic E-state index is 0.408. The van der Waals surface area contributed by atoms with Gasteiger partial charge in [0, 0.05) is 13.1 Å². The molecule has 1 N–H and O–H groups in total. The molecule has 0 aliphatic carbocycles. The lowest BCUT2D eigenvalue weighted by molar-refractivity contribution is 0.218. The maximum absolute atomic E-state index is 8.22. The molecule has 144 valence electrons. The minimum atomic E-state index is 0.408. The van der Waals surface area contributed by atoms with E-state index in [-0.39, 0.29) is 0 Å². The molecule has 3 nitrogen and oxygen atoms in total. The predicted octanol–water partition coefficient (Wildman–Crippen LogP) is 6.76. The van der Waals surface area contributed by atoms with Gasteiger partial charge in [-0.25, -0.2) is 0 Å². The van der Waals surface area contributed by atoms with E-state index < -0.39 is 0 Å². The number of nitrogens with zero attached hydrogens (tertiary/aromatic N) is 1. The number of hydrogen-bond donors (Lipinski definition) is 1. The fourth-order valence-corrected chi connectivity index (χ4v) is 2.89. The molecule has 0 radical (unpaired) electrons. The first-order valence-corrected chi connectivity index (χ1v) is 10.7. The van der Waals surface area contributed by atoms with Crippen molar-refractivity contribution in [1.29, 1.82) is 5.41 Å². The van der Waals surface area contributed by atoms with E-state index in [9.17, 15) is 0 Å². The summed E-state index contributed by atoms with van der Waals surface area (Å²) in [6.07, 6.45) is 17.9. The fraction of sp³-hybridized carbons (Fsp3) is 0.952. The number of nitrogens with one attached hydrogen (secondary N) is 1. The van der Waals surface area contributed by atoms with Gasteiger partial charge in [0.05, 0.1) is 6.61 Å². The van der Waals surface area contributed by atoms with E-state index in [1.165, 1.54) is 77.0 Å². The standard InChI is InChI=1S/C21H44N2O/c1-4-7-10-12-14-16-18-23(21(22)24-20-9-6-3)19-17-15-13-11-8-5-2/h22H,4-20H2,1-3H3. The van der Waals surface area contributed by atoms with E-state index in [0.29, 0.717) is 12.6 Å². The average molecular weight is 341 g/mol. The molecule has 0 atom stereocenters. The van der Waals surface area contributed by atoms with Gasteiger partial charge in [-0.05, 0) is 19.3 Å². The van der Waals surface area contributed by atoms with Gasteiger partial charge in [0.2, 0.25) is 0 Å². The zero-order chi connectivity index (χ0) is 17.9. The highest BCUT2D eigenvalue weighted by atomic mass is 16.5. The molecule has 0 bridgehead atoms. The Morgan fingerprint density at radius 2 is 1.04 bits per heavy atom. The topological polar surface area (TPSA) is 36.3 Å². The Morgan fingerprint density at radius 1 is 0.625 bits per heavy atom. The van der Waals surface area contributed by atoms with Gasteiger partial charge in [-0.15, -0.1) is 0 Å². The number of rotatable bonds is 17. The van der Waals surface area contributed by atoms with Crippen LogP contribution in [-0.2, 0) is 4.74 Å². The molecule has 0 aliphatic heterocycles. The van der Waals surface area contributed by atoms with Crippen molar-refractivity contribution in [2.24, 2.45) is 0 Å². The second-order valence-corrected chi connectivity index (χ2v) is 7.03. The van der Waals surface area contributed by atoms with Gasteiger partial charge in [-0.1, -0.05) is 91.4 Å². The van der Waals surface area contributed by atoms with Crippen LogP contribution in [0.15, 0.2) is 0 Å². The van der Waals surface area contributed by atoms with Crippen LogP contribution in [0.2, 0.25) is 0 Å². The van der Waals surface area contributed by atoms with Crippen molar-refractivity contribution in [1.82, 2.24) is 4.90 Å². The SMILES string of the molecule is CCCCCCCCN(CCCCCCCC)C(=N)OCCCC. The third kappa shape index (κ3) is 14.8. The lowest BCUT2D eigenvalue weighted by Gasteiger charge is -2.24. The first-order chi connectivity index (χ1) is 11.8. The molecule has 0 amide bonds. The first kappa shape index (κ1) is 23.3. The molecule has 0 fully saturated rings. The van der Waals surface area contributed by atoms with E-state index in [4.69, 9.17) is 10.1 Å². The molecule has 0 aromatic carbocycles. The van der Waals surface area contributed by atoms with E-state index in [2.05, 4.69) is 25.7 Å². The van der Waals surface area contributed by atoms with Crippen molar-refractivity contribution in [2.75, 3.05) is 19.7 Å². The lowest BCUT2D eigenvalue weighted by atomic mass is 10.1. The molecule has 0 heterocycles. The number of hydrogen-bond acceptors (Lipinski definition) is 2. The van der Waals surface area contributed by atoms with Gasteiger partial charge in [0.1, 0.15) is 0 Å². The Morgan fingerprint density at radius 3 is 1.50 bits per heavy atom. The van der Waals surface area contributed by atoms with Crippen LogP contribution in [0.5, 0.6) is 0 Å². The van der Waals surface area contributed by atoms with Crippen LogP contribution in [0.25, 0.3) is 0 Å². The molecule has 0 spiro atoms. The van der Waals surface area contributed by atoms with Crippen molar-refractivity contribution in [3.63, 3.8) is 0 Å². The summed E-state index contributed by atoms with van der Waals surface area (Å²) >= 11 is 0. The predicted molar refractivity (Wildman–Crippen MR) is 107 cm³/mol. The van der Waals surface area contributed by atoms with Crippen LogP contribution >= 0.6 is 0 Å². The van der Waals surface area contributed by atoms with E-state index in [0.717, 1.165) is 25.9 Å². The highest BCUT2D eigenvalue weighted by molar-refractivity contribution is 5.70. The molecule has 24 heavy (non-hydrogen) atoms. The Hall–Kier alpha value is -0.730. The highest BCUT2D eigenvalue weighted by Crippen LogP contribution is 2.10. The minimum Gasteiger partial charge on any atom is -0.465 e. The fourth-order valence-electron chi connectivity index (χ4n) is 2.89. The smallest absolute Gasteiger partial charge is 0.284 e. The quantitative estimate of drug-likeness (QED) is 0.180. The summed E-state index contributed by atoms with van der Waals surface area (Å²) in [7, 11) is 0. The lowest BCUT2D eigenvalue weighted by Crippen LogP contribution is -2.34. The summed E-state index contributed by atoms with van der Waals surface area (Å²) in [5.74, 6) is 0. The second kappa shape index (κ2) is 18.6. The van der Waals surface area contributed by atoms with Gasteiger partial charge < -0.3 is 9.64 Å². The highest BCUT2D eigenvalue weighted by Gasteiger charge is 2.10. The third-order valence-electron chi connectivity index (χ3n) is 4.59. The normalized spacial score (nSPS) is 10.8. The molecule has 0 aliphatic rings. The number of ether oxygens (including phenoxy) is 1. The van der Waals surface area contributed by atoms with Gasteiger partial charge in [-0.2, -0.15) is 0 Å². The summed E-state index contributed by atoms with van der Waals surface area (Å²) in [5, 5.41) is 8.22. The monoisotopic (exact) mass is 340 g/mol. The molecule has 0 saturated heterocycles. The Labute approximate surface area is 152 Å². The van der Waals surface area contributed by atoms with Crippen molar-refractivity contribution in [3.8, 4) is 0 Å². The van der Waals surface area contributed by atoms with Crippen molar-refractivity contribution in [2.45, 2.75) is 111 Å². The summed E-state index contributed by atoms with van der Waals surface area (Å²) in [6, 6.07) is 0.408. The summed E-state index contributed by atoms with van der Waals surface area (Å²) in [4.78, 5) is 2.18. The van der Waals surface area contributed by atoms with Crippen LogP contribution < -0.4 is 0 Å². The van der Waals surface area contributed by atoms with E-state index in [1.807, 2.05) is 0 Å². The molecule has 0 aromatic heterocycles. The molecule has 0 unspecified atom stereocenters. The van der Waals surface area contributed by atoms with E-state index >= 15 is 0 Å². The van der Waals surface area contributed by atoms with Gasteiger partial charge in [0.15, 0.2) is 0 Å². The van der Waals surface area contributed by atoms with E-state index in [1.54, 1.807) is 0 Å². The third-order valence-corrected chi connectivity index (χ3v) is 4.59. The number of unbranched alkanes of at least 4 members (excludes halogenated alkanes) is 11. The van der Waals surface area contributed by atoms with Crippen molar-refractivity contribution < 1.29 is 4.74 Å². The number of amidine groups is 1.